The molecule has 1 saturated heterocycles. The smallest absolute Gasteiger partial charge is 0.224 e. The lowest BCUT2D eigenvalue weighted by molar-refractivity contribution is -0.126. The third-order valence-corrected chi connectivity index (χ3v) is 4.10. The normalized spacial score (nSPS) is 21.1. The Morgan fingerprint density at radius 3 is 2.29 bits per heavy atom. The quantitative estimate of drug-likeness (QED) is 0.716. The largest absolute Gasteiger partial charge is 0.339 e. The fourth-order valence-electron chi connectivity index (χ4n) is 1.29. The molecular weight excluding hydrogens is 202 g/mol. The fraction of sp³-hybridized carbons (Fsp3) is 0.222. The van der Waals surface area contributed by atoms with Gasteiger partial charge in [-0.1, -0.05) is 18.2 Å². The van der Waals surface area contributed by atoms with E-state index >= 15 is 0 Å². The van der Waals surface area contributed by atoms with E-state index in [1.165, 1.54) is 12.1 Å². The van der Waals surface area contributed by atoms with Gasteiger partial charge in [0.05, 0.1) is 11.3 Å². The van der Waals surface area contributed by atoms with Gasteiger partial charge in [0, 0.05) is 0 Å². The van der Waals surface area contributed by atoms with E-state index in [1.54, 1.807) is 18.2 Å². The molecule has 1 heterocycles. The number of β-lactam (4-membered cyclic amide) rings is 1. The minimum Gasteiger partial charge on any atom is -0.339 e. The lowest BCUT2D eigenvalue weighted by Crippen LogP contribution is -2.52. The molecule has 0 aromatic heterocycles. The third kappa shape index (κ3) is 1.39. The Hall–Kier alpha value is -1.36. The second kappa shape index (κ2) is 3.09. The monoisotopic (exact) mass is 211 g/mol. The number of hydrogen-bond donors (Lipinski definition) is 1. The van der Waals surface area contributed by atoms with Crippen LogP contribution in [0.5, 0.6) is 0 Å². The van der Waals surface area contributed by atoms with E-state index in [9.17, 15) is 13.2 Å². The molecule has 0 aliphatic carbocycles. The molecule has 4 nitrogen and oxygen atoms in total. The van der Waals surface area contributed by atoms with Crippen molar-refractivity contribution in [2.24, 2.45) is 0 Å². The summed E-state index contributed by atoms with van der Waals surface area (Å²) in [6.07, 6.45) is 0.0667. The minimum atomic E-state index is -3.37. The number of amides is 1. The lowest BCUT2D eigenvalue weighted by atomic mass is 10.3. The van der Waals surface area contributed by atoms with Crippen LogP contribution in [-0.2, 0) is 14.6 Å². The molecule has 74 valence electrons. The first-order chi connectivity index (χ1) is 6.60. The Morgan fingerprint density at radius 1 is 1.21 bits per heavy atom. The highest BCUT2D eigenvalue weighted by Crippen LogP contribution is 2.20. The van der Waals surface area contributed by atoms with Crippen molar-refractivity contribution >= 4 is 15.7 Å². The summed E-state index contributed by atoms with van der Waals surface area (Å²) in [4.78, 5) is 10.9. The van der Waals surface area contributed by atoms with Crippen molar-refractivity contribution in [1.29, 1.82) is 0 Å². The fourth-order valence-corrected chi connectivity index (χ4v) is 2.81. The van der Waals surface area contributed by atoms with E-state index in [4.69, 9.17) is 0 Å². The molecule has 1 fully saturated rings. The second-order valence-corrected chi connectivity index (χ2v) is 5.25. The molecule has 1 aromatic rings. The Labute approximate surface area is 81.9 Å². The molecule has 1 aromatic carbocycles. The summed E-state index contributed by atoms with van der Waals surface area (Å²) in [6, 6.07) is 8.12. The van der Waals surface area contributed by atoms with Crippen molar-refractivity contribution in [2.45, 2.75) is 16.7 Å². The summed E-state index contributed by atoms with van der Waals surface area (Å²) in [7, 11) is -3.37. The van der Waals surface area contributed by atoms with E-state index in [-0.39, 0.29) is 17.2 Å². The molecule has 1 aliphatic heterocycles. The topological polar surface area (TPSA) is 63.2 Å². The van der Waals surface area contributed by atoms with Crippen molar-refractivity contribution in [3.05, 3.63) is 30.3 Å². The first-order valence-electron chi connectivity index (χ1n) is 4.19. The summed E-state index contributed by atoms with van der Waals surface area (Å²) < 4.78 is 23.5. The average Bonchev–Trinajstić information content (AvgIpc) is 2.14. The molecular formula is C9H9NO3S. The van der Waals surface area contributed by atoms with Crippen LogP contribution in [0.1, 0.15) is 6.42 Å². The molecule has 14 heavy (non-hydrogen) atoms. The minimum absolute atomic E-state index is 0.0667. The highest BCUT2D eigenvalue weighted by Gasteiger charge is 2.37. The highest BCUT2D eigenvalue weighted by atomic mass is 32.2. The van der Waals surface area contributed by atoms with Gasteiger partial charge in [-0.3, -0.25) is 4.79 Å². The summed E-state index contributed by atoms with van der Waals surface area (Å²) in [5, 5.41) is 1.62. The van der Waals surface area contributed by atoms with Gasteiger partial charge in [-0.25, -0.2) is 8.42 Å². The molecule has 0 radical (unpaired) electrons. The Balaban J connectivity index is 2.30. The van der Waals surface area contributed by atoms with Gasteiger partial charge in [-0.05, 0) is 12.1 Å². The predicted molar refractivity (Wildman–Crippen MR) is 50.2 cm³/mol. The number of benzene rings is 1. The van der Waals surface area contributed by atoms with Crippen LogP contribution in [0.15, 0.2) is 35.2 Å². The summed E-state index contributed by atoms with van der Waals surface area (Å²) >= 11 is 0. The standard InChI is InChI=1S/C9H9NO3S/c11-8-6-9(10-8)14(12,13)7-4-2-1-3-5-7/h1-5,9H,6H2,(H,10,11)/t9-/m0/s1. The van der Waals surface area contributed by atoms with E-state index < -0.39 is 15.2 Å². The molecule has 0 spiro atoms. The van der Waals surface area contributed by atoms with Gasteiger partial charge >= 0.3 is 0 Å². The Kier molecular flexibility index (Phi) is 2.03. The Morgan fingerprint density at radius 2 is 1.79 bits per heavy atom. The first kappa shape index (κ1) is 9.21. The zero-order valence-electron chi connectivity index (χ0n) is 7.30. The van der Waals surface area contributed by atoms with E-state index in [0.717, 1.165) is 0 Å². The lowest BCUT2D eigenvalue weighted by Gasteiger charge is -2.26. The zero-order valence-corrected chi connectivity index (χ0v) is 8.12. The first-order valence-corrected chi connectivity index (χ1v) is 5.73. The summed E-state index contributed by atoms with van der Waals surface area (Å²) in [5.74, 6) is -0.213. The van der Waals surface area contributed by atoms with Crippen molar-refractivity contribution in [3.8, 4) is 0 Å². The number of sulfone groups is 1. The maximum Gasteiger partial charge on any atom is 0.224 e. The molecule has 1 amide bonds. The second-order valence-electron chi connectivity index (χ2n) is 3.12. The Bertz CT molecular complexity index is 444. The van der Waals surface area contributed by atoms with Crippen LogP contribution in [0.2, 0.25) is 0 Å². The van der Waals surface area contributed by atoms with Crippen LogP contribution in [-0.4, -0.2) is 19.7 Å². The van der Waals surface area contributed by atoms with Gasteiger partial charge in [-0.15, -0.1) is 0 Å². The number of rotatable bonds is 2. The number of nitrogens with one attached hydrogen (secondary N) is 1. The maximum absolute atomic E-state index is 11.7. The van der Waals surface area contributed by atoms with E-state index in [0.29, 0.717) is 0 Å². The number of carbonyl (C=O) groups is 1. The molecule has 0 saturated carbocycles. The molecule has 2 rings (SSSR count). The molecule has 1 N–H and O–H groups in total. The predicted octanol–water partition coefficient (Wildman–Crippen LogP) is 0.306. The van der Waals surface area contributed by atoms with E-state index in [1.807, 2.05) is 0 Å². The zero-order chi connectivity index (χ0) is 10.2. The summed E-state index contributed by atoms with van der Waals surface area (Å²) in [5.41, 5.74) is 0. The average molecular weight is 211 g/mol. The van der Waals surface area contributed by atoms with Crippen LogP contribution in [0, 0.1) is 0 Å². The van der Waals surface area contributed by atoms with Crippen LogP contribution >= 0.6 is 0 Å². The van der Waals surface area contributed by atoms with Crippen LogP contribution in [0.4, 0.5) is 0 Å². The van der Waals surface area contributed by atoms with Crippen LogP contribution < -0.4 is 5.32 Å². The maximum atomic E-state index is 11.7. The highest BCUT2D eigenvalue weighted by molar-refractivity contribution is 7.92. The van der Waals surface area contributed by atoms with Crippen molar-refractivity contribution < 1.29 is 13.2 Å². The van der Waals surface area contributed by atoms with Crippen LogP contribution in [0.3, 0.4) is 0 Å². The van der Waals surface area contributed by atoms with Crippen molar-refractivity contribution in [2.75, 3.05) is 0 Å². The van der Waals surface area contributed by atoms with Gasteiger partial charge in [0.2, 0.25) is 5.91 Å². The molecule has 1 atom stereocenters. The summed E-state index contributed by atoms with van der Waals surface area (Å²) in [6.45, 7) is 0. The molecule has 1 aliphatic rings. The van der Waals surface area contributed by atoms with Crippen molar-refractivity contribution in [3.63, 3.8) is 0 Å². The van der Waals surface area contributed by atoms with Gasteiger partial charge in [0.25, 0.3) is 0 Å². The molecule has 0 bridgehead atoms. The number of carbonyl (C=O) groups excluding carboxylic acids is 1. The number of hydrogen-bond acceptors (Lipinski definition) is 3. The van der Waals surface area contributed by atoms with Crippen LogP contribution in [0.25, 0.3) is 0 Å². The van der Waals surface area contributed by atoms with Gasteiger partial charge < -0.3 is 5.32 Å². The van der Waals surface area contributed by atoms with Gasteiger partial charge in [0.1, 0.15) is 5.37 Å². The van der Waals surface area contributed by atoms with Gasteiger partial charge in [-0.2, -0.15) is 0 Å². The molecule has 0 unspecified atom stereocenters. The van der Waals surface area contributed by atoms with Gasteiger partial charge in [0.15, 0.2) is 9.84 Å². The van der Waals surface area contributed by atoms with Crippen molar-refractivity contribution in [1.82, 2.24) is 5.32 Å². The SMILES string of the molecule is O=C1C[C@H](S(=O)(=O)c2ccccc2)N1. The third-order valence-electron chi connectivity index (χ3n) is 2.14. The molecule has 5 heteroatoms. The van der Waals surface area contributed by atoms with E-state index in [2.05, 4.69) is 5.32 Å².